The van der Waals surface area contributed by atoms with Gasteiger partial charge in [-0.05, 0) is 17.7 Å². The SMILES string of the molecule is O=C(NCc1ccccc1F)c1ccccc1CSC1=NCCS1. The van der Waals surface area contributed by atoms with Gasteiger partial charge in [-0.2, -0.15) is 0 Å². The van der Waals surface area contributed by atoms with E-state index < -0.39 is 0 Å². The number of aliphatic imine (C=N–C) groups is 1. The van der Waals surface area contributed by atoms with Gasteiger partial charge in [0.25, 0.3) is 5.91 Å². The monoisotopic (exact) mass is 360 g/mol. The lowest BCUT2D eigenvalue weighted by Gasteiger charge is -2.10. The van der Waals surface area contributed by atoms with E-state index in [1.807, 2.05) is 18.2 Å². The van der Waals surface area contributed by atoms with Crippen LogP contribution in [0.15, 0.2) is 53.5 Å². The molecule has 1 N–H and O–H groups in total. The zero-order valence-corrected chi connectivity index (χ0v) is 14.6. The van der Waals surface area contributed by atoms with Crippen molar-refractivity contribution >= 4 is 33.8 Å². The summed E-state index contributed by atoms with van der Waals surface area (Å²) in [6.45, 7) is 1.05. The van der Waals surface area contributed by atoms with Gasteiger partial charge in [0.15, 0.2) is 0 Å². The second kappa shape index (κ2) is 8.35. The number of benzene rings is 2. The fourth-order valence-corrected chi connectivity index (χ4v) is 4.34. The van der Waals surface area contributed by atoms with E-state index in [9.17, 15) is 9.18 Å². The Hall–Kier alpha value is -1.79. The molecule has 1 aliphatic heterocycles. The van der Waals surface area contributed by atoms with Gasteiger partial charge in [0.05, 0.1) is 6.54 Å². The summed E-state index contributed by atoms with van der Waals surface area (Å²) in [7, 11) is 0. The maximum absolute atomic E-state index is 13.6. The van der Waals surface area contributed by atoms with Gasteiger partial charge in [0.1, 0.15) is 10.2 Å². The van der Waals surface area contributed by atoms with Crippen LogP contribution in [-0.4, -0.2) is 22.6 Å². The molecule has 3 rings (SSSR count). The van der Waals surface area contributed by atoms with E-state index in [2.05, 4.69) is 10.3 Å². The highest BCUT2D eigenvalue weighted by Gasteiger charge is 2.14. The molecule has 0 fully saturated rings. The average Bonchev–Trinajstić information content (AvgIpc) is 3.13. The Balaban J connectivity index is 1.64. The molecule has 0 aromatic heterocycles. The van der Waals surface area contributed by atoms with Crippen LogP contribution in [0.25, 0.3) is 0 Å². The van der Waals surface area contributed by atoms with Crippen LogP contribution in [0.1, 0.15) is 21.5 Å². The van der Waals surface area contributed by atoms with Crippen LogP contribution in [0.2, 0.25) is 0 Å². The van der Waals surface area contributed by atoms with Crippen LogP contribution in [0, 0.1) is 5.82 Å². The smallest absolute Gasteiger partial charge is 0.251 e. The summed E-state index contributed by atoms with van der Waals surface area (Å²) in [6.07, 6.45) is 0. The maximum atomic E-state index is 13.6. The van der Waals surface area contributed by atoms with Gasteiger partial charge >= 0.3 is 0 Å². The predicted molar refractivity (Wildman–Crippen MR) is 100 cm³/mol. The summed E-state index contributed by atoms with van der Waals surface area (Å²) in [6, 6.07) is 14.0. The molecule has 1 heterocycles. The van der Waals surface area contributed by atoms with Gasteiger partial charge in [0.2, 0.25) is 0 Å². The Morgan fingerprint density at radius 1 is 1.17 bits per heavy atom. The molecule has 0 radical (unpaired) electrons. The number of nitrogens with zero attached hydrogens (tertiary/aromatic N) is 1. The van der Waals surface area contributed by atoms with Gasteiger partial charge in [0, 0.05) is 29.2 Å². The molecule has 0 unspecified atom stereocenters. The number of hydrogen-bond donors (Lipinski definition) is 1. The van der Waals surface area contributed by atoms with E-state index in [0.717, 1.165) is 22.2 Å². The van der Waals surface area contributed by atoms with E-state index in [0.29, 0.717) is 16.9 Å². The molecule has 2 aromatic carbocycles. The summed E-state index contributed by atoms with van der Waals surface area (Å²) in [5, 5.41) is 2.80. The number of amides is 1. The van der Waals surface area contributed by atoms with Crippen molar-refractivity contribution in [3.8, 4) is 0 Å². The zero-order chi connectivity index (χ0) is 16.8. The summed E-state index contributed by atoms with van der Waals surface area (Å²) >= 11 is 3.41. The largest absolute Gasteiger partial charge is 0.348 e. The van der Waals surface area contributed by atoms with Crippen molar-refractivity contribution in [2.45, 2.75) is 12.3 Å². The van der Waals surface area contributed by atoms with Gasteiger partial charge in [-0.1, -0.05) is 59.9 Å². The van der Waals surface area contributed by atoms with Gasteiger partial charge < -0.3 is 5.32 Å². The quantitative estimate of drug-likeness (QED) is 0.873. The fraction of sp³-hybridized carbons (Fsp3) is 0.222. The second-order valence-corrected chi connectivity index (χ2v) is 7.52. The summed E-state index contributed by atoms with van der Waals surface area (Å²) in [5.41, 5.74) is 2.07. The third-order valence-electron chi connectivity index (χ3n) is 3.57. The van der Waals surface area contributed by atoms with Crippen LogP contribution in [0.4, 0.5) is 4.39 Å². The first-order valence-electron chi connectivity index (χ1n) is 7.63. The van der Waals surface area contributed by atoms with Crippen LogP contribution in [-0.2, 0) is 12.3 Å². The first-order valence-corrected chi connectivity index (χ1v) is 9.61. The summed E-state index contributed by atoms with van der Waals surface area (Å²) < 4.78 is 14.7. The normalized spacial score (nSPS) is 13.6. The lowest BCUT2D eigenvalue weighted by molar-refractivity contribution is 0.0950. The minimum Gasteiger partial charge on any atom is -0.348 e. The Labute approximate surface area is 149 Å². The molecule has 0 spiro atoms. The lowest BCUT2D eigenvalue weighted by Crippen LogP contribution is -2.24. The Morgan fingerprint density at radius 3 is 2.67 bits per heavy atom. The van der Waals surface area contributed by atoms with E-state index in [1.54, 1.807) is 47.8 Å². The van der Waals surface area contributed by atoms with E-state index in [1.165, 1.54) is 6.07 Å². The van der Waals surface area contributed by atoms with Crippen molar-refractivity contribution in [3.05, 3.63) is 71.0 Å². The number of carbonyl (C=O) groups excluding carboxylic acids is 1. The van der Waals surface area contributed by atoms with Crippen molar-refractivity contribution < 1.29 is 9.18 Å². The standard InChI is InChI=1S/C18H17FN2OS2/c19-16-8-4-2-5-13(16)11-21-17(22)15-7-3-1-6-14(15)12-24-18-20-9-10-23-18/h1-8H,9-12H2,(H,21,22). The number of hydrogen-bond acceptors (Lipinski definition) is 4. The minimum absolute atomic E-state index is 0.176. The molecule has 2 aromatic rings. The van der Waals surface area contributed by atoms with Crippen LogP contribution in [0.5, 0.6) is 0 Å². The van der Waals surface area contributed by atoms with Gasteiger partial charge in [-0.25, -0.2) is 4.39 Å². The van der Waals surface area contributed by atoms with E-state index >= 15 is 0 Å². The van der Waals surface area contributed by atoms with Gasteiger partial charge in [-0.3, -0.25) is 9.79 Å². The highest BCUT2D eigenvalue weighted by Crippen LogP contribution is 2.26. The molecule has 0 atom stereocenters. The molecule has 124 valence electrons. The maximum Gasteiger partial charge on any atom is 0.251 e. The summed E-state index contributed by atoms with van der Waals surface area (Å²) in [4.78, 5) is 16.9. The third kappa shape index (κ3) is 4.39. The number of halogens is 1. The third-order valence-corrected chi connectivity index (χ3v) is 5.87. The number of carbonyl (C=O) groups is 1. The molecule has 24 heavy (non-hydrogen) atoms. The first-order chi connectivity index (χ1) is 11.7. The molecule has 6 heteroatoms. The topological polar surface area (TPSA) is 41.5 Å². The number of thioether (sulfide) groups is 2. The lowest BCUT2D eigenvalue weighted by atomic mass is 10.1. The number of rotatable bonds is 5. The molecule has 1 aliphatic rings. The predicted octanol–water partition coefficient (Wildman–Crippen LogP) is 4.09. The van der Waals surface area contributed by atoms with Crippen molar-refractivity contribution in [2.75, 3.05) is 12.3 Å². The van der Waals surface area contributed by atoms with Crippen molar-refractivity contribution in [3.63, 3.8) is 0 Å². The van der Waals surface area contributed by atoms with Crippen LogP contribution in [0.3, 0.4) is 0 Å². The fourth-order valence-electron chi connectivity index (χ4n) is 2.32. The van der Waals surface area contributed by atoms with Crippen molar-refractivity contribution in [1.29, 1.82) is 0 Å². The highest BCUT2D eigenvalue weighted by molar-refractivity contribution is 8.38. The molecule has 3 nitrogen and oxygen atoms in total. The highest BCUT2D eigenvalue weighted by atomic mass is 32.2. The van der Waals surface area contributed by atoms with E-state index in [-0.39, 0.29) is 18.3 Å². The molecule has 1 amide bonds. The Morgan fingerprint density at radius 2 is 1.92 bits per heavy atom. The average molecular weight is 360 g/mol. The molecule has 0 saturated heterocycles. The Bertz CT molecular complexity index is 764. The Kier molecular flexibility index (Phi) is 5.93. The molecule has 0 saturated carbocycles. The van der Waals surface area contributed by atoms with Crippen molar-refractivity contribution in [2.24, 2.45) is 4.99 Å². The zero-order valence-electron chi connectivity index (χ0n) is 13.0. The molecule has 0 aliphatic carbocycles. The van der Waals surface area contributed by atoms with Gasteiger partial charge in [-0.15, -0.1) is 0 Å². The minimum atomic E-state index is -0.307. The number of nitrogens with one attached hydrogen (secondary N) is 1. The molecular formula is C18H17FN2OS2. The van der Waals surface area contributed by atoms with Crippen LogP contribution >= 0.6 is 23.5 Å². The molecular weight excluding hydrogens is 343 g/mol. The van der Waals surface area contributed by atoms with E-state index in [4.69, 9.17) is 0 Å². The van der Waals surface area contributed by atoms with Crippen LogP contribution < -0.4 is 5.32 Å². The molecule has 0 bridgehead atoms. The second-order valence-electron chi connectivity index (χ2n) is 5.22. The first kappa shape index (κ1) is 17.0. The summed E-state index contributed by atoms with van der Waals surface area (Å²) in [5.74, 6) is 1.25. The van der Waals surface area contributed by atoms with Crippen molar-refractivity contribution in [1.82, 2.24) is 5.32 Å².